The number of benzene rings is 2. The first-order valence-electron chi connectivity index (χ1n) is 10.00. The van der Waals surface area contributed by atoms with Gasteiger partial charge in [0.1, 0.15) is 0 Å². The molecule has 30 heavy (non-hydrogen) atoms. The van der Waals surface area contributed by atoms with Gasteiger partial charge in [-0.2, -0.15) is 5.32 Å². The van der Waals surface area contributed by atoms with Crippen LogP contribution in [0.2, 0.25) is 0 Å². The van der Waals surface area contributed by atoms with Crippen molar-refractivity contribution in [3.63, 3.8) is 0 Å². The molecule has 3 aliphatic heterocycles. The molecule has 1 radical (unpaired) electrons. The Balaban J connectivity index is 1.33. The van der Waals surface area contributed by atoms with Gasteiger partial charge in [-0.25, -0.2) is 4.79 Å². The van der Waals surface area contributed by atoms with Crippen molar-refractivity contribution in [2.24, 2.45) is 5.92 Å². The molecule has 8 nitrogen and oxygen atoms in total. The molecule has 0 saturated carbocycles. The molecule has 1 saturated heterocycles. The van der Waals surface area contributed by atoms with Crippen LogP contribution in [-0.4, -0.2) is 36.7 Å². The number of aromatic amines is 1. The molecule has 0 bridgehead atoms. The summed E-state index contributed by atoms with van der Waals surface area (Å²) in [4.78, 5) is 28.3. The SMILES string of the molecule is O=C1[N]c2cc(C3CCNCC3C(=O)c3cc4cc5c(cc4[nH]3)OCO5)ccc2N1. The van der Waals surface area contributed by atoms with E-state index in [1.54, 1.807) is 0 Å². The number of anilines is 1. The predicted octanol–water partition coefficient (Wildman–Crippen LogP) is 3.25. The van der Waals surface area contributed by atoms with Gasteiger partial charge in [0, 0.05) is 29.4 Å². The van der Waals surface area contributed by atoms with Crippen molar-refractivity contribution >= 4 is 34.1 Å². The van der Waals surface area contributed by atoms with Crippen LogP contribution in [0.25, 0.3) is 10.9 Å². The number of ether oxygens (including phenoxy) is 2. The summed E-state index contributed by atoms with van der Waals surface area (Å²) in [6.07, 6.45) is 0.840. The predicted molar refractivity (Wildman–Crippen MR) is 110 cm³/mol. The number of nitrogens with one attached hydrogen (secondary N) is 3. The molecule has 3 N–H and O–H groups in total. The van der Waals surface area contributed by atoms with Gasteiger partial charge in [-0.3, -0.25) is 4.79 Å². The molecule has 1 aromatic heterocycles. The molecule has 4 heterocycles. The molecule has 2 aromatic carbocycles. The zero-order valence-corrected chi connectivity index (χ0v) is 16.0. The highest BCUT2D eigenvalue weighted by Gasteiger charge is 2.34. The van der Waals surface area contributed by atoms with Crippen molar-refractivity contribution < 1.29 is 19.1 Å². The van der Waals surface area contributed by atoms with E-state index in [1.807, 2.05) is 36.4 Å². The van der Waals surface area contributed by atoms with Crippen molar-refractivity contribution in [3.8, 4) is 11.5 Å². The number of nitrogens with zero attached hydrogens (tertiary/aromatic N) is 1. The Bertz CT molecular complexity index is 1160. The van der Waals surface area contributed by atoms with E-state index in [-0.39, 0.29) is 30.4 Å². The number of hydrogen-bond donors (Lipinski definition) is 3. The molecule has 3 aromatic rings. The Morgan fingerprint density at radius 3 is 2.87 bits per heavy atom. The van der Waals surface area contributed by atoms with E-state index in [0.29, 0.717) is 35.1 Å². The van der Waals surface area contributed by atoms with Crippen molar-refractivity contribution in [2.75, 3.05) is 25.2 Å². The molecule has 2 atom stereocenters. The minimum atomic E-state index is -0.349. The average molecular weight is 403 g/mol. The lowest BCUT2D eigenvalue weighted by molar-refractivity contribution is 0.0876. The van der Waals surface area contributed by atoms with E-state index in [9.17, 15) is 9.59 Å². The maximum absolute atomic E-state index is 13.5. The van der Waals surface area contributed by atoms with Crippen LogP contribution in [-0.2, 0) is 0 Å². The van der Waals surface area contributed by atoms with E-state index in [1.165, 1.54) is 0 Å². The fraction of sp³-hybridized carbons (Fsp3) is 0.273. The number of fused-ring (bicyclic) bond motifs is 3. The number of H-pyrrole nitrogens is 1. The summed E-state index contributed by atoms with van der Waals surface area (Å²) < 4.78 is 10.9. The fourth-order valence-electron chi connectivity index (χ4n) is 4.62. The summed E-state index contributed by atoms with van der Waals surface area (Å²) in [5.74, 6) is 1.29. The smallest absolute Gasteiger partial charge is 0.346 e. The molecule has 2 unspecified atom stereocenters. The second kappa shape index (κ2) is 6.50. The monoisotopic (exact) mass is 403 g/mol. The minimum absolute atomic E-state index is 0.0537. The van der Waals surface area contributed by atoms with Gasteiger partial charge >= 0.3 is 6.03 Å². The number of rotatable bonds is 3. The Kier molecular flexibility index (Phi) is 3.76. The summed E-state index contributed by atoms with van der Waals surface area (Å²) >= 11 is 0. The number of piperidine rings is 1. The van der Waals surface area contributed by atoms with Crippen LogP contribution in [0, 0.1) is 5.92 Å². The number of carbonyl (C=O) groups excluding carboxylic acids is 2. The minimum Gasteiger partial charge on any atom is -0.454 e. The van der Waals surface area contributed by atoms with Crippen molar-refractivity contribution in [1.29, 1.82) is 0 Å². The lowest BCUT2D eigenvalue weighted by atomic mass is 9.78. The zero-order valence-electron chi connectivity index (χ0n) is 16.0. The Morgan fingerprint density at radius 2 is 1.97 bits per heavy atom. The summed E-state index contributed by atoms with van der Waals surface area (Å²) in [5.41, 5.74) is 3.82. The van der Waals surface area contributed by atoms with Gasteiger partial charge in [-0.05, 0) is 48.7 Å². The van der Waals surface area contributed by atoms with Crippen LogP contribution in [0.3, 0.4) is 0 Å². The first-order valence-corrected chi connectivity index (χ1v) is 10.00. The van der Waals surface area contributed by atoms with Gasteiger partial charge < -0.3 is 25.1 Å². The van der Waals surface area contributed by atoms with Crippen LogP contribution in [0.4, 0.5) is 16.2 Å². The highest BCUT2D eigenvalue weighted by atomic mass is 16.7. The van der Waals surface area contributed by atoms with Crippen LogP contribution >= 0.6 is 0 Å². The van der Waals surface area contributed by atoms with Crippen LogP contribution in [0.1, 0.15) is 28.4 Å². The van der Waals surface area contributed by atoms with Gasteiger partial charge in [-0.15, -0.1) is 0 Å². The number of ketones is 1. The van der Waals surface area contributed by atoms with E-state index in [0.717, 1.165) is 29.4 Å². The number of aromatic nitrogens is 1. The number of hydrogen-bond acceptors (Lipinski definition) is 5. The second-order valence-corrected chi connectivity index (χ2v) is 7.86. The number of Topliss-reactive ketones (excluding diaryl/α,β-unsaturated/α-hetero) is 1. The van der Waals surface area contributed by atoms with Gasteiger partial charge in [0.25, 0.3) is 0 Å². The average Bonchev–Trinajstić information content (AvgIpc) is 3.47. The van der Waals surface area contributed by atoms with Crippen molar-refractivity contribution in [1.82, 2.24) is 15.6 Å². The number of urea groups is 1. The van der Waals surface area contributed by atoms with Gasteiger partial charge in [0.15, 0.2) is 17.3 Å². The maximum Gasteiger partial charge on any atom is 0.346 e. The standard InChI is InChI=1S/C22H19N4O4/c27-21(18-6-12-7-19-20(30-10-29-19)8-16(12)24-18)14-9-23-4-3-13(14)11-1-2-15-17(5-11)26-22(28)25-15/h1-2,5-8,13-14,23-24H,3-4,9-10H2,(H,25,28). The third-order valence-corrected chi connectivity index (χ3v) is 6.11. The molecule has 8 heteroatoms. The van der Waals surface area contributed by atoms with E-state index in [2.05, 4.69) is 20.9 Å². The van der Waals surface area contributed by atoms with Crippen molar-refractivity contribution in [2.45, 2.75) is 12.3 Å². The molecule has 2 amide bonds. The lowest BCUT2D eigenvalue weighted by Gasteiger charge is -2.31. The first-order chi connectivity index (χ1) is 14.7. The third-order valence-electron chi connectivity index (χ3n) is 6.11. The highest BCUT2D eigenvalue weighted by Crippen LogP contribution is 2.39. The van der Waals surface area contributed by atoms with Crippen molar-refractivity contribution in [3.05, 3.63) is 47.7 Å². The summed E-state index contributed by atoms with van der Waals surface area (Å²) in [7, 11) is 0. The fourth-order valence-corrected chi connectivity index (χ4v) is 4.62. The molecule has 151 valence electrons. The quantitative estimate of drug-likeness (QED) is 0.582. The largest absolute Gasteiger partial charge is 0.454 e. The summed E-state index contributed by atoms with van der Waals surface area (Å²) in [6.45, 7) is 1.66. The Hall–Kier alpha value is -3.52. The molecular weight excluding hydrogens is 384 g/mol. The third kappa shape index (κ3) is 2.72. The normalized spacial score (nSPS) is 21.9. The number of carbonyl (C=O) groups is 2. The van der Waals surface area contributed by atoms with Crippen LogP contribution in [0.5, 0.6) is 11.5 Å². The second-order valence-electron chi connectivity index (χ2n) is 7.86. The highest BCUT2D eigenvalue weighted by molar-refractivity contribution is 6.03. The maximum atomic E-state index is 13.5. The van der Waals surface area contributed by atoms with Gasteiger partial charge in [-0.1, -0.05) is 6.07 Å². The van der Waals surface area contributed by atoms with Gasteiger partial charge in [0.2, 0.25) is 6.79 Å². The Morgan fingerprint density at radius 1 is 1.10 bits per heavy atom. The van der Waals surface area contributed by atoms with Crippen LogP contribution in [0.15, 0.2) is 36.4 Å². The molecular formula is C22H19N4O4. The van der Waals surface area contributed by atoms with E-state index >= 15 is 0 Å². The molecule has 1 fully saturated rings. The summed E-state index contributed by atoms with van der Waals surface area (Å²) in [6, 6.07) is 11.1. The number of amides is 2. The molecule has 6 rings (SSSR count). The molecule has 0 aliphatic carbocycles. The first kappa shape index (κ1) is 17.3. The Labute approximate surface area is 171 Å². The lowest BCUT2D eigenvalue weighted by Crippen LogP contribution is -2.39. The van der Waals surface area contributed by atoms with E-state index in [4.69, 9.17) is 9.47 Å². The zero-order chi connectivity index (χ0) is 20.2. The summed E-state index contributed by atoms with van der Waals surface area (Å²) in [5, 5.41) is 11.0. The van der Waals surface area contributed by atoms with Crippen LogP contribution < -0.4 is 25.4 Å². The van der Waals surface area contributed by atoms with Gasteiger partial charge in [0.05, 0.1) is 17.1 Å². The molecule has 0 spiro atoms. The topological polar surface area (TPSA) is 107 Å². The molecule has 3 aliphatic rings. The van der Waals surface area contributed by atoms with E-state index < -0.39 is 0 Å².